The molecule has 0 spiro atoms. The highest BCUT2D eigenvalue weighted by atomic mass is 16.2. The van der Waals surface area contributed by atoms with Crippen molar-refractivity contribution < 1.29 is 14.4 Å². The number of benzene rings is 3. The number of hydrogen-bond acceptors (Lipinski definition) is 3. The summed E-state index contributed by atoms with van der Waals surface area (Å²) < 4.78 is 0. The molecule has 3 aromatic carbocycles. The molecule has 1 heterocycles. The Bertz CT molecular complexity index is 1170. The third-order valence-electron chi connectivity index (χ3n) is 6.23. The van der Waals surface area contributed by atoms with E-state index in [1.807, 2.05) is 67.6 Å². The first-order chi connectivity index (χ1) is 15.9. The lowest BCUT2D eigenvalue weighted by Crippen LogP contribution is -2.42. The van der Waals surface area contributed by atoms with E-state index in [0.29, 0.717) is 18.5 Å². The van der Waals surface area contributed by atoms with Crippen LogP contribution in [0.3, 0.4) is 0 Å². The Hall–Kier alpha value is -3.73. The zero-order chi connectivity index (χ0) is 23.4. The van der Waals surface area contributed by atoms with Gasteiger partial charge in [0.05, 0.1) is 0 Å². The number of piperidine rings is 1. The van der Waals surface area contributed by atoms with Crippen molar-refractivity contribution in [3.05, 3.63) is 89.5 Å². The van der Waals surface area contributed by atoms with E-state index >= 15 is 0 Å². The molecule has 4 rings (SSSR count). The Morgan fingerprint density at radius 2 is 1.67 bits per heavy atom. The summed E-state index contributed by atoms with van der Waals surface area (Å²) in [5.74, 6) is -0.660. The first-order valence-electron chi connectivity index (χ1n) is 11.3. The Kier molecular flexibility index (Phi) is 6.68. The Labute approximate surface area is 194 Å². The van der Waals surface area contributed by atoms with Crippen molar-refractivity contribution in [1.29, 1.82) is 0 Å². The van der Waals surface area contributed by atoms with Crippen LogP contribution < -0.4 is 10.6 Å². The Morgan fingerprint density at radius 3 is 2.36 bits per heavy atom. The van der Waals surface area contributed by atoms with Crippen molar-refractivity contribution in [3.63, 3.8) is 0 Å². The maximum Gasteiger partial charge on any atom is 0.249 e. The fourth-order valence-corrected chi connectivity index (χ4v) is 4.45. The van der Waals surface area contributed by atoms with Gasteiger partial charge in [0.15, 0.2) is 0 Å². The van der Waals surface area contributed by atoms with Gasteiger partial charge in [0.25, 0.3) is 0 Å². The van der Waals surface area contributed by atoms with Gasteiger partial charge in [-0.25, -0.2) is 0 Å². The highest BCUT2D eigenvalue weighted by molar-refractivity contribution is 6.01. The van der Waals surface area contributed by atoms with Crippen molar-refractivity contribution in [2.24, 2.45) is 11.7 Å². The van der Waals surface area contributed by atoms with Gasteiger partial charge in [-0.2, -0.15) is 0 Å². The van der Waals surface area contributed by atoms with Crippen LogP contribution in [0.1, 0.15) is 40.7 Å². The normalized spacial score (nSPS) is 16.0. The zero-order valence-corrected chi connectivity index (χ0v) is 18.8. The number of anilines is 1. The molecule has 0 aliphatic carbocycles. The largest absolute Gasteiger partial charge is 0.366 e. The van der Waals surface area contributed by atoms with Crippen molar-refractivity contribution in [1.82, 2.24) is 0 Å². The fraction of sp³-hybridized carbons (Fsp3) is 0.250. The Balaban J connectivity index is 1.45. The fourth-order valence-electron chi connectivity index (χ4n) is 4.45. The van der Waals surface area contributed by atoms with E-state index < -0.39 is 5.91 Å². The number of ketones is 1. The molecule has 0 bridgehead atoms. The molecule has 1 saturated heterocycles. The number of carbonyl (C=O) groups is 3. The molecule has 1 aliphatic rings. The van der Waals surface area contributed by atoms with Crippen molar-refractivity contribution >= 4 is 23.3 Å². The van der Waals surface area contributed by atoms with E-state index in [-0.39, 0.29) is 24.0 Å². The summed E-state index contributed by atoms with van der Waals surface area (Å²) in [6.45, 7) is 2.66. The second kappa shape index (κ2) is 9.82. The highest BCUT2D eigenvalue weighted by Crippen LogP contribution is 2.30. The summed E-state index contributed by atoms with van der Waals surface area (Å²) in [5.41, 5.74) is 10.5. The van der Waals surface area contributed by atoms with Gasteiger partial charge in [-0.3, -0.25) is 14.4 Å². The Morgan fingerprint density at radius 1 is 0.970 bits per heavy atom. The van der Waals surface area contributed by atoms with Crippen molar-refractivity contribution in [3.8, 4) is 11.1 Å². The molecule has 168 valence electrons. The van der Waals surface area contributed by atoms with Gasteiger partial charge in [-0.15, -0.1) is 0 Å². The van der Waals surface area contributed by atoms with E-state index in [9.17, 15) is 14.4 Å². The van der Waals surface area contributed by atoms with Crippen LogP contribution in [0, 0.1) is 12.8 Å². The zero-order valence-electron chi connectivity index (χ0n) is 18.8. The molecule has 0 aromatic heterocycles. The molecular weight excluding hydrogens is 412 g/mol. The molecule has 3 aromatic rings. The number of carbonyl (C=O) groups excluding carboxylic acids is 3. The summed E-state index contributed by atoms with van der Waals surface area (Å²) in [4.78, 5) is 39.3. The lowest BCUT2D eigenvalue weighted by Gasteiger charge is -2.32. The van der Waals surface area contributed by atoms with E-state index in [2.05, 4.69) is 0 Å². The highest BCUT2D eigenvalue weighted by Gasteiger charge is 2.31. The van der Waals surface area contributed by atoms with Crippen LogP contribution in [-0.4, -0.2) is 24.1 Å². The van der Waals surface area contributed by atoms with Crippen LogP contribution in [0.2, 0.25) is 0 Å². The summed E-state index contributed by atoms with van der Waals surface area (Å²) >= 11 is 0. The van der Waals surface area contributed by atoms with Crippen LogP contribution in [0.25, 0.3) is 11.1 Å². The molecule has 0 radical (unpaired) electrons. The minimum atomic E-state index is -0.473. The van der Waals surface area contributed by atoms with E-state index in [4.69, 9.17) is 5.73 Å². The molecule has 33 heavy (non-hydrogen) atoms. The minimum Gasteiger partial charge on any atom is -0.366 e. The second-order valence-corrected chi connectivity index (χ2v) is 8.69. The van der Waals surface area contributed by atoms with E-state index in [1.165, 1.54) is 0 Å². The smallest absolute Gasteiger partial charge is 0.249 e. The standard InChI is InChI=1S/C28H28N2O3/c1-19-8-10-20(11-9-19)17-24(31)18-22-5-4-16-30(28(22)33)23-14-12-21(13-15-23)25-6-2-3-7-26(25)27(29)32/h2-3,6-15,22H,4-5,16-18H2,1H3,(H2,29,32)/t22-/m1/s1. The number of amides is 2. The monoisotopic (exact) mass is 440 g/mol. The molecule has 0 unspecified atom stereocenters. The molecule has 1 aliphatic heterocycles. The average molecular weight is 441 g/mol. The van der Waals surface area contributed by atoms with Gasteiger partial charge in [0.1, 0.15) is 5.78 Å². The summed E-state index contributed by atoms with van der Waals surface area (Å²) in [6, 6.07) is 22.7. The third kappa shape index (κ3) is 5.20. The molecule has 5 nitrogen and oxygen atoms in total. The predicted molar refractivity (Wildman–Crippen MR) is 130 cm³/mol. The lowest BCUT2D eigenvalue weighted by molar-refractivity contribution is -0.128. The molecule has 0 saturated carbocycles. The molecular formula is C28H28N2O3. The molecule has 2 N–H and O–H groups in total. The molecule has 1 fully saturated rings. The van der Waals surface area contributed by atoms with Crippen LogP contribution in [0.5, 0.6) is 0 Å². The topological polar surface area (TPSA) is 80.5 Å². The minimum absolute atomic E-state index is 0.00351. The number of Topliss-reactive ketones (excluding diaryl/α,β-unsaturated/α-hetero) is 1. The van der Waals surface area contributed by atoms with Gasteiger partial charge >= 0.3 is 0 Å². The molecule has 5 heteroatoms. The summed E-state index contributed by atoms with van der Waals surface area (Å²) in [7, 11) is 0. The van der Waals surface area contributed by atoms with Crippen LogP contribution in [0.4, 0.5) is 5.69 Å². The van der Waals surface area contributed by atoms with Crippen LogP contribution in [-0.2, 0) is 16.0 Å². The van der Waals surface area contributed by atoms with Gasteiger partial charge in [0.2, 0.25) is 11.8 Å². The predicted octanol–water partition coefficient (Wildman–Crippen LogP) is 4.71. The second-order valence-electron chi connectivity index (χ2n) is 8.69. The van der Waals surface area contributed by atoms with Gasteiger partial charge in [-0.1, -0.05) is 60.2 Å². The molecule has 1 atom stereocenters. The SMILES string of the molecule is Cc1ccc(CC(=O)C[C@H]2CCCN(c3ccc(-c4ccccc4C(N)=O)cc3)C2=O)cc1. The van der Waals surface area contributed by atoms with Crippen molar-refractivity contribution in [2.45, 2.75) is 32.6 Å². The number of primary amides is 1. The first kappa shape index (κ1) is 22.5. The number of nitrogens with two attached hydrogens (primary N) is 1. The number of aryl methyl sites for hydroxylation is 1. The third-order valence-corrected chi connectivity index (χ3v) is 6.23. The average Bonchev–Trinajstić information content (AvgIpc) is 2.82. The van der Waals surface area contributed by atoms with E-state index in [0.717, 1.165) is 40.8 Å². The van der Waals surface area contributed by atoms with Crippen LogP contribution in [0.15, 0.2) is 72.8 Å². The number of nitrogens with zero attached hydrogens (tertiary/aromatic N) is 1. The summed E-state index contributed by atoms with van der Waals surface area (Å²) in [5, 5.41) is 0. The number of rotatable bonds is 7. The first-order valence-corrected chi connectivity index (χ1v) is 11.3. The van der Waals surface area contributed by atoms with Crippen LogP contribution >= 0.6 is 0 Å². The van der Waals surface area contributed by atoms with Gasteiger partial charge < -0.3 is 10.6 Å². The van der Waals surface area contributed by atoms with Gasteiger partial charge in [-0.05, 0) is 54.7 Å². The number of hydrogen-bond donors (Lipinski definition) is 1. The van der Waals surface area contributed by atoms with Gasteiger partial charge in [0, 0.05) is 36.6 Å². The molecule has 2 amide bonds. The lowest BCUT2D eigenvalue weighted by atomic mass is 9.90. The quantitative estimate of drug-likeness (QED) is 0.578. The van der Waals surface area contributed by atoms with Crippen molar-refractivity contribution in [2.75, 3.05) is 11.4 Å². The summed E-state index contributed by atoms with van der Waals surface area (Å²) in [6.07, 6.45) is 2.23. The maximum absolute atomic E-state index is 13.2. The maximum atomic E-state index is 13.2. The van der Waals surface area contributed by atoms with E-state index in [1.54, 1.807) is 17.0 Å².